The van der Waals surface area contributed by atoms with Crippen LogP contribution in [0.3, 0.4) is 0 Å². The van der Waals surface area contributed by atoms with E-state index in [0.29, 0.717) is 0 Å². The van der Waals surface area contributed by atoms with E-state index in [0.717, 1.165) is 18.0 Å². The molecule has 1 saturated heterocycles. The molecule has 0 amide bonds. The molecule has 1 N–H and O–H groups in total. The second-order valence-electron chi connectivity index (χ2n) is 6.99. The van der Waals surface area contributed by atoms with Crippen LogP contribution in [0.4, 0.5) is 0 Å². The van der Waals surface area contributed by atoms with Crippen LogP contribution in [0.15, 0.2) is 60.8 Å². The SMILES string of the molecule is C(#Cc1ccc2[nH]ccc2c1)CN1CCC(Cc2ccccc2)CC1. The fourth-order valence-corrected chi connectivity index (χ4v) is 3.68. The molecule has 0 saturated carbocycles. The maximum atomic E-state index is 3.36. The molecule has 0 spiro atoms. The van der Waals surface area contributed by atoms with Gasteiger partial charge in [-0.3, -0.25) is 4.90 Å². The normalized spacial score (nSPS) is 15.8. The lowest BCUT2D eigenvalue weighted by Crippen LogP contribution is -2.34. The highest BCUT2D eigenvalue weighted by Crippen LogP contribution is 2.21. The lowest BCUT2D eigenvalue weighted by Gasteiger charge is -2.30. The number of aromatic amines is 1. The van der Waals surface area contributed by atoms with E-state index in [1.807, 2.05) is 6.20 Å². The molecule has 25 heavy (non-hydrogen) atoms. The van der Waals surface area contributed by atoms with Crippen molar-refractivity contribution < 1.29 is 0 Å². The van der Waals surface area contributed by atoms with Crippen LogP contribution in [-0.2, 0) is 6.42 Å². The van der Waals surface area contributed by atoms with Gasteiger partial charge in [0.25, 0.3) is 0 Å². The van der Waals surface area contributed by atoms with E-state index >= 15 is 0 Å². The summed E-state index contributed by atoms with van der Waals surface area (Å²) in [5.74, 6) is 7.50. The number of nitrogens with one attached hydrogen (secondary N) is 1. The fraction of sp³-hybridized carbons (Fsp3) is 0.304. The Balaban J connectivity index is 1.27. The lowest BCUT2D eigenvalue weighted by atomic mass is 9.90. The molecule has 2 heteroatoms. The minimum atomic E-state index is 0.822. The summed E-state index contributed by atoms with van der Waals surface area (Å²) >= 11 is 0. The second-order valence-corrected chi connectivity index (χ2v) is 6.99. The molecule has 1 fully saturated rings. The molecule has 0 bridgehead atoms. The molecule has 0 aliphatic carbocycles. The Morgan fingerprint density at radius 2 is 1.84 bits per heavy atom. The molecular weight excluding hydrogens is 304 g/mol. The maximum absolute atomic E-state index is 3.36. The summed E-state index contributed by atoms with van der Waals surface area (Å²) in [6, 6.07) is 19.3. The number of aromatic nitrogens is 1. The Labute approximate surface area is 149 Å². The second kappa shape index (κ2) is 7.59. The van der Waals surface area contributed by atoms with Gasteiger partial charge in [-0.2, -0.15) is 0 Å². The van der Waals surface area contributed by atoms with E-state index in [9.17, 15) is 0 Å². The third-order valence-corrected chi connectivity index (χ3v) is 5.16. The van der Waals surface area contributed by atoms with Crippen LogP contribution in [0, 0.1) is 17.8 Å². The number of likely N-dealkylation sites (tertiary alicyclic amines) is 1. The third kappa shape index (κ3) is 4.13. The van der Waals surface area contributed by atoms with Gasteiger partial charge in [0.2, 0.25) is 0 Å². The van der Waals surface area contributed by atoms with Crippen LogP contribution in [0.1, 0.15) is 24.0 Å². The van der Waals surface area contributed by atoms with E-state index in [2.05, 4.69) is 76.3 Å². The summed E-state index contributed by atoms with van der Waals surface area (Å²) in [6.45, 7) is 3.22. The quantitative estimate of drug-likeness (QED) is 0.703. The van der Waals surface area contributed by atoms with Crippen molar-refractivity contribution in [2.75, 3.05) is 19.6 Å². The molecule has 1 aromatic heterocycles. The van der Waals surface area contributed by atoms with Crippen molar-refractivity contribution in [1.29, 1.82) is 0 Å². The van der Waals surface area contributed by atoms with E-state index < -0.39 is 0 Å². The van der Waals surface area contributed by atoms with E-state index in [4.69, 9.17) is 0 Å². The fourth-order valence-electron chi connectivity index (χ4n) is 3.68. The first-order valence-corrected chi connectivity index (χ1v) is 9.19. The number of H-pyrrole nitrogens is 1. The lowest BCUT2D eigenvalue weighted by molar-refractivity contribution is 0.203. The Morgan fingerprint density at radius 3 is 2.68 bits per heavy atom. The van der Waals surface area contributed by atoms with Gasteiger partial charge in [0.05, 0.1) is 6.54 Å². The topological polar surface area (TPSA) is 19.0 Å². The Bertz CT molecular complexity index is 874. The Kier molecular flexibility index (Phi) is 4.86. The van der Waals surface area contributed by atoms with Gasteiger partial charge >= 0.3 is 0 Å². The largest absolute Gasteiger partial charge is 0.361 e. The molecule has 3 aromatic rings. The van der Waals surface area contributed by atoms with Gasteiger partial charge in [0.15, 0.2) is 0 Å². The summed E-state index contributed by atoms with van der Waals surface area (Å²) in [5.41, 5.74) is 3.75. The van der Waals surface area contributed by atoms with Crippen molar-refractivity contribution in [3.05, 3.63) is 71.9 Å². The van der Waals surface area contributed by atoms with Crippen LogP contribution in [0.5, 0.6) is 0 Å². The van der Waals surface area contributed by atoms with Crippen LogP contribution in [0.25, 0.3) is 10.9 Å². The summed E-state index contributed by atoms with van der Waals surface area (Å²) < 4.78 is 0. The van der Waals surface area contributed by atoms with Crippen LogP contribution in [-0.4, -0.2) is 29.5 Å². The van der Waals surface area contributed by atoms with Gasteiger partial charge in [0, 0.05) is 22.7 Å². The van der Waals surface area contributed by atoms with E-state index in [1.54, 1.807) is 0 Å². The minimum Gasteiger partial charge on any atom is -0.361 e. The molecular formula is C23H24N2. The smallest absolute Gasteiger partial charge is 0.0605 e. The molecule has 1 aliphatic heterocycles. The van der Waals surface area contributed by atoms with Crippen molar-refractivity contribution in [2.45, 2.75) is 19.3 Å². The van der Waals surface area contributed by atoms with Gasteiger partial charge in [-0.1, -0.05) is 42.2 Å². The zero-order valence-corrected chi connectivity index (χ0v) is 14.5. The summed E-state index contributed by atoms with van der Waals surface area (Å²) in [7, 11) is 0. The Morgan fingerprint density at radius 1 is 1.00 bits per heavy atom. The number of nitrogens with zero attached hydrogens (tertiary/aromatic N) is 1. The van der Waals surface area contributed by atoms with Gasteiger partial charge in [-0.15, -0.1) is 0 Å². The average Bonchev–Trinajstić information content (AvgIpc) is 3.12. The summed E-state index contributed by atoms with van der Waals surface area (Å²) in [5, 5.41) is 1.23. The van der Waals surface area contributed by atoms with E-state index in [-0.39, 0.29) is 0 Å². The predicted molar refractivity (Wildman–Crippen MR) is 104 cm³/mol. The van der Waals surface area contributed by atoms with Gasteiger partial charge in [0.1, 0.15) is 0 Å². The number of benzene rings is 2. The molecule has 2 heterocycles. The zero-order valence-electron chi connectivity index (χ0n) is 14.5. The third-order valence-electron chi connectivity index (χ3n) is 5.16. The molecule has 0 atom stereocenters. The van der Waals surface area contributed by atoms with Crippen molar-refractivity contribution in [2.24, 2.45) is 5.92 Å². The van der Waals surface area contributed by atoms with Crippen molar-refractivity contribution >= 4 is 10.9 Å². The maximum Gasteiger partial charge on any atom is 0.0605 e. The number of rotatable bonds is 3. The highest BCUT2D eigenvalue weighted by Gasteiger charge is 2.18. The molecule has 2 aromatic carbocycles. The highest BCUT2D eigenvalue weighted by molar-refractivity contribution is 5.80. The van der Waals surface area contributed by atoms with Crippen molar-refractivity contribution in [3.63, 3.8) is 0 Å². The van der Waals surface area contributed by atoms with Gasteiger partial charge in [-0.05, 0) is 68.1 Å². The van der Waals surface area contributed by atoms with E-state index in [1.165, 1.54) is 48.8 Å². The van der Waals surface area contributed by atoms with Gasteiger partial charge in [-0.25, -0.2) is 0 Å². The standard InChI is InChI=1S/C23H24N2/c1-2-5-19(6-3-1)17-21-11-15-25(16-12-21)14-4-7-20-8-9-23-22(18-20)10-13-24-23/h1-3,5-6,8-10,13,18,21,24H,11-12,14-17H2. The van der Waals surface area contributed by atoms with Crippen LogP contribution >= 0.6 is 0 Å². The Hall–Kier alpha value is -2.50. The summed E-state index contributed by atoms with van der Waals surface area (Å²) in [6.07, 6.45) is 5.76. The monoisotopic (exact) mass is 328 g/mol. The zero-order chi connectivity index (χ0) is 16.9. The molecule has 0 unspecified atom stereocenters. The molecule has 2 nitrogen and oxygen atoms in total. The minimum absolute atomic E-state index is 0.822. The first-order chi connectivity index (χ1) is 12.4. The van der Waals surface area contributed by atoms with Crippen molar-refractivity contribution in [3.8, 4) is 11.8 Å². The summed E-state index contributed by atoms with van der Waals surface area (Å²) in [4.78, 5) is 5.71. The van der Waals surface area contributed by atoms with Crippen LogP contribution in [0.2, 0.25) is 0 Å². The predicted octanol–water partition coefficient (Wildman–Crippen LogP) is 4.47. The molecule has 0 radical (unpaired) electrons. The van der Waals surface area contributed by atoms with Crippen molar-refractivity contribution in [1.82, 2.24) is 9.88 Å². The number of hydrogen-bond donors (Lipinski definition) is 1. The first-order valence-electron chi connectivity index (χ1n) is 9.19. The number of hydrogen-bond acceptors (Lipinski definition) is 1. The molecule has 1 aliphatic rings. The highest BCUT2D eigenvalue weighted by atomic mass is 15.1. The molecule has 126 valence electrons. The first kappa shape index (κ1) is 16.0. The number of piperidine rings is 1. The average molecular weight is 328 g/mol. The number of fused-ring (bicyclic) bond motifs is 1. The van der Waals surface area contributed by atoms with Crippen LogP contribution < -0.4 is 0 Å². The molecule has 4 rings (SSSR count). The van der Waals surface area contributed by atoms with Gasteiger partial charge < -0.3 is 4.98 Å².